The number of ether oxygens (including phenoxy) is 3. The van der Waals surface area contributed by atoms with Gasteiger partial charge in [0.25, 0.3) is 11.7 Å². The maximum absolute atomic E-state index is 13.4. The second-order valence-electron chi connectivity index (χ2n) is 10.4. The minimum absolute atomic E-state index is 0.0833. The van der Waals surface area contributed by atoms with Gasteiger partial charge in [0.15, 0.2) is 0 Å². The second-order valence-corrected chi connectivity index (χ2v) is 10.4. The number of morpholine rings is 1. The number of nitrogens with zero attached hydrogens (tertiary/aromatic N) is 2. The molecule has 2 aliphatic heterocycles. The van der Waals surface area contributed by atoms with Crippen LogP contribution in [0.3, 0.4) is 0 Å². The van der Waals surface area contributed by atoms with E-state index in [0.29, 0.717) is 49.8 Å². The summed E-state index contributed by atoms with van der Waals surface area (Å²) in [5, 5.41) is 11.4. The van der Waals surface area contributed by atoms with E-state index in [2.05, 4.69) is 11.0 Å². The third-order valence-electron chi connectivity index (χ3n) is 7.56. The number of carbonyl (C=O) groups excluding carboxylic acids is 2. The van der Waals surface area contributed by atoms with Crippen LogP contribution in [0.25, 0.3) is 5.76 Å². The lowest BCUT2D eigenvalue weighted by Gasteiger charge is -2.29. The quantitative estimate of drug-likeness (QED) is 0.220. The minimum Gasteiger partial charge on any atom is -0.507 e. The summed E-state index contributed by atoms with van der Waals surface area (Å²) in [7, 11) is 1.58. The molecule has 214 valence electrons. The summed E-state index contributed by atoms with van der Waals surface area (Å²) in [6.07, 6.45) is 0.701. The number of methoxy groups -OCH3 is 1. The van der Waals surface area contributed by atoms with Crippen LogP contribution in [0.4, 0.5) is 0 Å². The standard InChI is InChI=1S/C33H36N2O6/c1-23-5-3-6-24(21-23)22-41-28-13-9-26(10-14-28)31(36)29-30(25-7-11-27(39-2)12-8-25)35(33(38)32(29)37)16-4-15-34-17-19-40-20-18-34/h3,5-14,21,30,36H,4,15-20,22H2,1-2H3/t30-/m0/s1. The van der Waals surface area contributed by atoms with E-state index in [0.717, 1.165) is 36.3 Å². The minimum atomic E-state index is -0.706. The van der Waals surface area contributed by atoms with E-state index in [4.69, 9.17) is 14.2 Å². The zero-order chi connectivity index (χ0) is 28.8. The van der Waals surface area contributed by atoms with E-state index in [9.17, 15) is 14.7 Å². The van der Waals surface area contributed by atoms with Crippen molar-refractivity contribution in [2.75, 3.05) is 46.5 Å². The Labute approximate surface area is 240 Å². The van der Waals surface area contributed by atoms with Crippen LogP contribution in [0.1, 0.15) is 34.7 Å². The van der Waals surface area contributed by atoms with Gasteiger partial charge in [-0.2, -0.15) is 0 Å². The first-order valence-corrected chi connectivity index (χ1v) is 14.0. The summed E-state index contributed by atoms with van der Waals surface area (Å²) >= 11 is 0. The summed E-state index contributed by atoms with van der Waals surface area (Å²) in [4.78, 5) is 30.5. The molecule has 3 aromatic carbocycles. The Morgan fingerprint density at radius 3 is 2.34 bits per heavy atom. The molecule has 0 bridgehead atoms. The fourth-order valence-electron chi connectivity index (χ4n) is 5.37. The first-order chi connectivity index (χ1) is 19.9. The summed E-state index contributed by atoms with van der Waals surface area (Å²) in [6.45, 7) is 6.75. The van der Waals surface area contributed by atoms with Crippen LogP contribution in [-0.4, -0.2) is 73.1 Å². The maximum atomic E-state index is 13.4. The van der Waals surface area contributed by atoms with Gasteiger partial charge in [-0.05, 0) is 60.9 Å². The number of likely N-dealkylation sites (tertiary alicyclic amines) is 1. The van der Waals surface area contributed by atoms with Gasteiger partial charge in [-0.1, -0.05) is 42.0 Å². The van der Waals surface area contributed by atoms with Gasteiger partial charge in [0, 0.05) is 31.7 Å². The number of aliphatic hydroxyl groups excluding tert-OH is 1. The average Bonchev–Trinajstić information content (AvgIpc) is 3.25. The van der Waals surface area contributed by atoms with Crippen LogP contribution in [0.15, 0.2) is 78.4 Å². The highest BCUT2D eigenvalue weighted by Gasteiger charge is 2.45. The van der Waals surface area contributed by atoms with Crippen molar-refractivity contribution in [3.8, 4) is 11.5 Å². The Morgan fingerprint density at radius 1 is 0.951 bits per heavy atom. The predicted molar refractivity (Wildman–Crippen MR) is 156 cm³/mol. The van der Waals surface area contributed by atoms with Gasteiger partial charge >= 0.3 is 0 Å². The monoisotopic (exact) mass is 556 g/mol. The highest BCUT2D eigenvalue weighted by atomic mass is 16.5. The zero-order valence-corrected chi connectivity index (χ0v) is 23.5. The zero-order valence-electron chi connectivity index (χ0n) is 23.5. The lowest BCUT2D eigenvalue weighted by Crippen LogP contribution is -2.38. The van der Waals surface area contributed by atoms with Gasteiger partial charge in [0.1, 0.15) is 23.9 Å². The van der Waals surface area contributed by atoms with Crippen LogP contribution in [0.2, 0.25) is 0 Å². The number of rotatable bonds is 10. The lowest BCUT2D eigenvalue weighted by atomic mass is 9.95. The Bertz CT molecular complexity index is 1390. The number of carbonyl (C=O) groups is 2. The molecule has 8 heteroatoms. The molecule has 8 nitrogen and oxygen atoms in total. The molecule has 0 saturated carbocycles. The Morgan fingerprint density at radius 2 is 1.66 bits per heavy atom. The van der Waals surface area contributed by atoms with Gasteiger partial charge in [0.2, 0.25) is 0 Å². The summed E-state index contributed by atoms with van der Waals surface area (Å²) in [6, 6.07) is 21.6. The summed E-state index contributed by atoms with van der Waals surface area (Å²) in [5.41, 5.74) is 3.48. The van der Waals surface area contributed by atoms with Gasteiger partial charge in [0.05, 0.1) is 31.9 Å². The molecule has 1 atom stereocenters. The number of aliphatic hydroxyl groups is 1. The van der Waals surface area contributed by atoms with Crippen molar-refractivity contribution in [2.45, 2.75) is 26.0 Å². The molecule has 0 unspecified atom stereocenters. The van der Waals surface area contributed by atoms with Gasteiger partial charge in [-0.3, -0.25) is 14.5 Å². The van der Waals surface area contributed by atoms with Crippen LogP contribution in [0, 0.1) is 6.92 Å². The molecule has 2 fully saturated rings. The molecule has 0 radical (unpaired) electrons. The van der Waals surface area contributed by atoms with E-state index in [1.165, 1.54) is 0 Å². The number of hydrogen-bond donors (Lipinski definition) is 1. The predicted octanol–water partition coefficient (Wildman–Crippen LogP) is 4.73. The van der Waals surface area contributed by atoms with E-state index >= 15 is 0 Å². The molecular formula is C33H36N2O6. The Hall–Kier alpha value is -4.14. The number of hydrogen-bond acceptors (Lipinski definition) is 7. The summed E-state index contributed by atoms with van der Waals surface area (Å²) in [5.74, 6) is -0.190. The highest BCUT2D eigenvalue weighted by Crippen LogP contribution is 2.40. The van der Waals surface area contributed by atoms with Crippen molar-refractivity contribution in [1.82, 2.24) is 9.80 Å². The highest BCUT2D eigenvalue weighted by molar-refractivity contribution is 6.46. The molecule has 0 aromatic heterocycles. The van der Waals surface area contributed by atoms with Crippen LogP contribution < -0.4 is 9.47 Å². The largest absolute Gasteiger partial charge is 0.507 e. The van der Waals surface area contributed by atoms with Gasteiger partial charge in [-0.25, -0.2) is 0 Å². The molecule has 2 aliphatic rings. The molecule has 0 spiro atoms. The number of aryl methyl sites for hydroxylation is 1. The SMILES string of the molecule is COc1ccc([C@H]2C(=C(O)c3ccc(OCc4cccc(C)c4)cc3)C(=O)C(=O)N2CCCN2CCOCC2)cc1. The molecular weight excluding hydrogens is 520 g/mol. The van der Waals surface area contributed by atoms with Crippen molar-refractivity contribution < 1.29 is 28.9 Å². The molecule has 2 saturated heterocycles. The molecule has 2 heterocycles. The molecule has 0 aliphatic carbocycles. The number of benzene rings is 3. The molecule has 5 rings (SSSR count). The number of ketones is 1. The topological polar surface area (TPSA) is 88.5 Å². The van der Waals surface area contributed by atoms with E-state index in [1.54, 1.807) is 48.4 Å². The summed E-state index contributed by atoms with van der Waals surface area (Å²) < 4.78 is 16.7. The van der Waals surface area contributed by atoms with Gasteiger partial charge < -0.3 is 24.2 Å². The smallest absolute Gasteiger partial charge is 0.295 e. The van der Waals surface area contributed by atoms with Crippen LogP contribution in [0.5, 0.6) is 11.5 Å². The normalized spacial score (nSPS) is 19.0. The maximum Gasteiger partial charge on any atom is 0.295 e. The Balaban J connectivity index is 1.39. The molecule has 1 amide bonds. The first kappa shape index (κ1) is 28.4. The molecule has 1 N–H and O–H groups in total. The average molecular weight is 557 g/mol. The van der Waals surface area contributed by atoms with E-state index < -0.39 is 17.7 Å². The third-order valence-corrected chi connectivity index (χ3v) is 7.56. The second kappa shape index (κ2) is 13.0. The van der Waals surface area contributed by atoms with E-state index in [-0.39, 0.29) is 11.3 Å². The van der Waals surface area contributed by atoms with Gasteiger partial charge in [-0.15, -0.1) is 0 Å². The fraction of sp³-hybridized carbons (Fsp3) is 0.333. The Kier molecular flexibility index (Phi) is 9.01. The van der Waals surface area contributed by atoms with Crippen LogP contribution in [-0.2, 0) is 20.9 Å². The van der Waals surface area contributed by atoms with Crippen molar-refractivity contribution in [1.29, 1.82) is 0 Å². The third kappa shape index (κ3) is 6.61. The van der Waals surface area contributed by atoms with Crippen molar-refractivity contribution in [3.05, 3.63) is 101 Å². The first-order valence-electron chi connectivity index (χ1n) is 14.0. The van der Waals surface area contributed by atoms with Crippen molar-refractivity contribution >= 4 is 17.4 Å². The molecule has 3 aromatic rings. The van der Waals surface area contributed by atoms with Crippen molar-refractivity contribution in [3.63, 3.8) is 0 Å². The fourth-order valence-corrected chi connectivity index (χ4v) is 5.37. The van der Waals surface area contributed by atoms with E-state index in [1.807, 2.05) is 37.3 Å². The number of Topliss-reactive ketones (excluding diaryl/α,β-unsaturated/α-hetero) is 1. The molecule has 41 heavy (non-hydrogen) atoms. The van der Waals surface area contributed by atoms with Crippen molar-refractivity contribution in [2.24, 2.45) is 0 Å². The lowest BCUT2D eigenvalue weighted by molar-refractivity contribution is -0.140. The number of amides is 1. The van der Waals surface area contributed by atoms with Crippen LogP contribution >= 0.6 is 0 Å².